The molecule has 1 saturated heterocycles. The fourth-order valence-corrected chi connectivity index (χ4v) is 1.86. The third-order valence-electron chi connectivity index (χ3n) is 3.08. The van der Waals surface area contributed by atoms with Crippen molar-refractivity contribution < 1.29 is 18.3 Å². The molecule has 1 rings (SSSR count). The summed E-state index contributed by atoms with van der Waals surface area (Å²) < 4.78 is 36.5. The maximum atomic E-state index is 12.2. The third-order valence-corrected chi connectivity index (χ3v) is 3.08. The van der Waals surface area contributed by atoms with Gasteiger partial charge in [0, 0.05) is 32.7 Å². The fourth-order valence-electron chi connectivity index (χ4n) is 1.86. The molecule has 0 radical (unpaired) electrons. The first-order chi connectivity index (χ1) is 7.78. The quantitative estimate of drug-likeness (QED) is 0.816. The minimum Gasteiger partial charge on any atom is -0.392 e. The summed E-state index contributed by atoms with van der Waals surface area (Å²) in [5.41, 5.74) is 0. The fraction of sp³-hybridized carbons (Fsp3) is 1.00. The highest BCUT2D eigenvalue weighted by atomic mass is 19.4. The van der Waals surface area contributed by atoms with Gasteiger partial charge in [-0.3, -0.25) is 9.80 Å². The molecule has 0 aromatic heterocycles. The van der Waals surface area contributed by atoms with Crippen LogP contribution in [0, 0.1) is 5.92 Å². The normalized spacial score (nSPS) is 22.1. The van der Waals surface area contributed by atoms with Crippen LogP contribution in [-0.2, 0) is 0 Å². The Balaban J connectivity index is 2.26. The van der Waals surface area contributed by atoms with Crippen LogP contribution in [0.3, 0.4) is 0 Å². The largest absolute Gasteiger partial charge is 0.401 e. The summed E-state index contributed by atoms with van der Waals surface area (Å²) in [6.45, 7) is 5.63. The van der Waals surface area contributed by atoms with Crippen LogP contribution in [0.5, 0.6) is 0 Å². The molecule has 17 heavy (non-hydrogen) atoms. The Morgan fingerprint density at radius 3 is 1.94 bits per heavy atom. The van der Waals surface area contributed by atoms with Crippen LogP contribution in [0.25, 0.3) is 0 Å². The van der Waals surface area contributed by atoms with E-state index in [0.29, 0.717) is 32.7 Å². The van der Waals surface area contributed by atoms with Gasteiger partial charge >= 0.3 is 6.18 Å². The zero-order chi connectivity index (χ0) is 13.1. The molecule has 1 aliphatic heterocycles. The van der Waals surface area contributed by atoms with E-state index in [9.17, 15) is 18.3 Å². The molecular formula is C11H21F3N2O. The van der Waals surface area contributed by atoms with E-state index in [2.05, 4.69) is 0 Å². The van der Waals surface area contributed by atoms with Crippen LogP contribution in [0.1, 0.15) is 13.8 Å². The smallest absolute Gasteiger partial charge is 0.392 e. The lowest BCUT2D eigenvalue weighted by Gasteiger charge is -2.36. The van der Waals surface area contributed by atoms with Crippen LogP contribution >= 0.6 is 0 Å². The van der Waals surface area contributed by atoms with Gasteiger partial charge in [-0.25, -0.2) is 0 Å². The van der Waals surface area contributed by atoms with E-state index < -0.39 is 18.8 Å². The Labute approximate surface area is 100 Å². The SMILES string of the molecule is CC(C)C(O)CN1CCN(CC(F)(F)F)CC1. The van der Waals surface area contributed by atoms with Gasteiger partial charge in [-0.15, -0.1) is 0 Å². The molecule has 0 amide bonds. The summed E-state index contributed by atoms with van der Waals surface area (Å²) in [7, 11) is 0. The second-order valence-electron chi connectivity index (χ2n) is 5.00. The third kappa shape index (κ3) is 5.70. The van der Waals surface area contributed by atoms with E-state index in [1.54, 1.807) is 0 Å². The Hall–Kier alpha value is -0.330. The molecule has 1 atom stereocenters. The molecule has 102 valence electrons. The van der Waals surface area contributed by atoms with Crippen molar-refractivity contribution in [1.82, 2.24) is 9.80 Å². The number of hydrogen-bond acceptors (Lipinski definition) is 3. The summed E-state index contributed by atoms with van der Waals surface area (Å²) in [5, 5.41) is 9.70. The van der Waals surface area contributed by atoms with Crippen LogP contribution in [0.4, 0.5) is 13.2 Å². The van der Waals surface area contributed by atoms with Gasteiger partial charge < -0.3 is 5.11 Å². The number of halogens is 3. The standard InChI is InChI=1S/C11H21F3N2O/c1-9(2)10(17)7-15-3-5-16(6-4-15)8-11(12,13)14/h9-10,17H,3-8H2,1-2H3. The van der Waals surface area contributed by atoms with E-state index in [0.717, 1.165) is 0 Å². The van der Waals surface area contributed by atoms with Gasteiger partial charge in [-0.1, -0.05) is 13.8 Å². The number of alkyl halides is 3. The van der Waals surface area contributed by atoms with Gasteiger partial charge in [0.15, 0.2) is 0 Å². The zero-order valence-electron chi connectivity index (χ0n) is 10.4. The van der Waals surface area contributed by atoms with E-state index in [1.165, 1.54) is 4.90 Å². The molecular weight excluding hydrogens is 233 g/mol. The van der Waals surface area contributed by atoms with Gasteiger partial charge in [0.25, 0.3) is 0 Å². The second kappa shape index (κ2) is 6.02. The van der Waals surface area contributed by atoms with E-state index in [1.807, 2.05) is 18.7 Å². The first kappa shape index (κ1) is 14.7. The monoisotopic (exact) mass is 254 g/mol. The second-order valence-corrected chi connectivity index (χ2v) is 5.00. The number of aliphatic hydroxyl groups excluding tert-OH is 1. The summed E-state index contributed by atoms with van der Waals surface area (Å²) in [4.78, 5) is 3.44. The van der Waals surface area contributed by atoms with Crippen LogP contribution in [-0.4, -0.2) is 66.5 Å². The van der Waals surface area contributed by atoms with Crippen molar-refractivity contribution in [2.24, 2.45) is 5.92 Å². The van der Waals surface area contributed by atoms with E-state index in [-0.39, 0.29) is 5.92 Å². The molecule has 0 aromatic carbocycles. The Kier molecular flexibility index (Phi) is 5.22. The van der Waals surface area contributed by atoms with E-state index >= 15 is 0 Å². The predicted molar refractivity (Wildman–Crippen MR) is 59.8 cm³/mol. The lowest BCUT2D eigenvalue weighted by atomic mass is 10.1. The molecule has 0 bridgehead atoms. The van der Waals surface area contributed by atoms with Crippen molar-refractivity contribution in [3.63, 3.8) is 0 Å². The molecule has 1 unspecified atom stereocenters. The Morgan fingerprint density at radius 1 is 1.06 bits per heavy atom. The van der Waals surface area contributed by atoms with Crippen LogP contribution in [0.15, 0.2) is 0 Å². The number of nitrogens with zero attached hydrogens (tertiary/aromatic N) is 2. The molecule has 6 heteroatoms. The van der Waals surface area contributed by atoms with Gasteiger partial charge in [-0.05, 0) is 5.92 Å². The first-order valence-corrected chi connectivity index (χ1v) is 5.97. The summed E-state index contributed by atoms with van der Waals surface area (Å²) in [6, 6.07) is 0. The summed E-state index contributed by atoms with van der Waals surface area (Å²) >= 11 is 0. The molecule has 0 spiro atoms. The lowest BCUT2D eigenvalue weighted by Crippen LogP contribution is -2.51. The number of piperazine rings is 1. The van der Waals surface area contributed by atoms with Crippen molar-refractivity contribution >= 4 is 0 Å². The van der Waals surface area contributed by atoms with Crippen molar-refractivity contribution in [1.29, 1.82) is 0 Å². The molecule has 0 aromatic rings. The molecule has 1 heterocycles. The van der Waals surface area contributed by atoms with Crippen LogP contribution in [0.2, 0.25) is 0 Å². The average molecular weight is 254 g/mol. The minimum absolute atomic E-state index is 0.184. The van der Waals surface area contributed by atoms with Crippen molar-refractivity contribution in [3.05, 3.63) is 0 Å². The summed E-state index contributed by atoms with van der Waals surface area (Å²) in [6.07, 6.45) is -4.51. The molecule has 0 aliphatic carbocycles. The average Bonchev–Trinajstić information content (AvgIpc) is 2.18. The van der Waals surface area contributed by atoms with Crippen LogP contribution < -0.4 is 0 Å². The molecule has 1 aliphatic rings. The highest BCUT2D eigenvalue weighted by Gasteiger charge is 2.32. The van der Waals surface area contributed by atoms with Crippen molar-refractivity contribution in [2.75, 3.05) is 39.3 Å². The zero-order valence-corrected chi connectivity index (χ0v) is 10.4. The molecule has 1 N–H and O–H groups in total. The number of hydrogen-bond donors (Lipinski definition) is 1. The molecule has 1 fully saturated rings. The number of β-amino-alcohol motifs (C(OH)–C–C–N with tert-alkyl or cyclic N) is 1. The molecule has 0 saturated carbocycles. The first-order valence-electron chi connectivity index (χ1n) is 5.97. The van der Waals surface area contributed by atoms with Gasteiger partial charge in [0.05, 0.1) is 12.6 Å². The predicted octanol–water partition coefficient (Wildman–Crippen LogP) is 1.18. The Morgan fingerprint density at radius 2 is 1.53 bits per heavy atom. The Bertz CT molecular complexity index is 225. The molecule has 3 nitrogen and oxygen atoms in total. The lowest BCUT2D eigenvalue weighted by molar-refractivity contribution is -0.149. The van der Waals surface area contributed by atoms with Crippen molar-refractivity contribution in [3.8, 4) is 0 Å². The minimum atomic E-state index is -4.11. The maximum Gasteiger partial charge on any atom is 0.401 e. The van der Waals surface area contributed by atoms with Gasteiger partial charge in [0.2, 0.25) is 0 Å². The topological polar surface area (TPSA) is 26.7 Å². The van der Waals surface area contributed by atoms with E-state index in [4.69, 9.17) is 0 Å². The highest BCUT2D eigenvalue weighted by Crippen LogP contribution is 2.17. The van der Waals surface area contributed by atoms with Gasteiger partial charge in [0.1, 0.15) is 0 Å². The highest BCUT2D eigenvalue weighted by molar-refractivity contribution is 4.76. The van der Waals surface area contributed by atoms with Gasteiger partial charge in [-0.2, -0.15) is 13.2 Å². The maximum absolute atomic E-state index is 12.2. The summed E-state index contributed by atoms with van der Waals surface area (Å²) in [5.74, 6) is 0.184. The van der Waals surface area contributed by atoms with Crippen molar-refractivity contribution in [2.45, 2.75) is 26.1 Å². The number of aliphatic hydroxyl groups is 1. The number of rotatable bonds is 4.